The van der Waals surface area contributed by atoms with Gasteiger partial charge in [-0.2, -0.15) is 9.61 Å². The van der Waals surface area contributed by atoms with Crippen molar-refractivity contribution < 1.29 is 9.59 Å². The van der Waals surface area contributed by atoms with Crippen LogP contribution in [0.25, 0.3) is 5.65 Å². The van der Waals surface area contributed by atoms with E-state index in [2.05, 4.69) is 20.7 Å². The van der Waals surface area contributed by atoms with Gasteiger partial charge in [0.05, 0.1) is 0 Å². The molecule has 2 aliphatic heterocycles. The summed E-state index contributed by atoms with van der Waals surface area (Å²) in [5.74, 6) is 1.02. The fourth-order valence-electron chi connectivity index (χ4n) is 4.44. The number of anilines is 1. The van der Waals surface area contributed by atoms with Crippen molar-refractivity contribution in [2.75, 3.05) is 18.4 Å². The highest BCUT2D eigenvalue weighted by atomic mass is 16.2. The lowest BCUT2D eigenvalue weighted by atomic mass is 9.92. The number of carbonyl (C=O) groups excluding carboxylic acids is 2. The Morgan fingerprint density at radius 1 is 1.25 bits per heavy atom. The smallest absolute Gasteiger partial charge is 0.245 e. The Balaban J connectivity index is 1.31. The third-order valence-electron chi connectivity index (χ3n) is 6.23. The Labute approximate surface area is 187 Å². The second kappa shape index (κ2) is 8.60. The molecule has 0 aromatic carbocycles. The first-order chi connectivity index (χ1) is 15.6. The van der Waals surface area contributed by atoms with Gasteiger partial charge in [0.15, 0.2) is 0 Å². The Hall–Kier alpha value is -3.43. The minimum absolute atomic E-state index is 0.0246. The minimum Gasteiger partial charge on any atom is -0.366 e. The molecule has 5 rings (SSSR count). The summed E-state index contributed by atoms with van der Waals surface area (Å²) in [7, 11) is 6.12. The standard InChI is InChI=1S/C22H24BN7O2/c23-16-13-26-30-19(25-12-14-2-1-7-24-11-14)10-18(28-21(16)30)15-5-8-29(9-6-15)22(32)17-3-4-20(31)27-17/h1-2,7,10-11,13,15,17,25H,3-6,8-9,12H2,(H,27,31). The van der Waals surface area contributed by atoms with Gasteiger partial charge in [-0.15, -0.1) is 0 Å². The van der Waals surface area contributed by atoms with Crippen molar-refractivity contribution in [2.24, 2.45) is 0 Å². The number of likely N-dealkylation sites (tertiary alicyclic amines) is 1. The van der Waals surface area contributed by atoms with Crippen LogP contribution in [0.3, 0.4) is 0 Å². The van der Waals surface area contributed by atoms with Gasteiger partial charge in [-0.25, -0.2) is 4.98 Å². The Bertz CT molecular complexity index is 1140. The van der Waals surface area contributed by atoms with Crippen LogP contribution in [-0.2, 0) is 16.1 Å². The topological polar surface area (TPSA) is 105 Å². The minimum atomic E-state index is -0.372. The maximum absolute atomic E-state index is 12.7. The van der Waals surface area contributed by atoms with Crippen molar-refractivity contribution in [1.82, 2.24) is 29.8 Å². The van der Waals surface area contributed by atoms with Crippen LogP contribution in [0.5, 0.6) is 0 Å². The van der Waals surface area contributed by atoms with Crippen LogP contribution in [0.2, 0.25) is 0 Å². The van der Waals surface area contributed by atoms with E-state index in [1.807, 2.05) is 29.3 Å². The number of piperidine rings is 1. The molecule has 9 nitrogen and oxygen atoms in total. The summed E-state index contributed by atoms with van der Waals surface area (Å²) in [6.45, 7) is 1.90. The summed E-state index contributed by atoms with van der Waals surface area (Å²) in [6.07, 6.45) is 7.82. The molecule has 2 radical (unpaired) electrons. The van der Waals surface area contributed by atoms with Gasteiger partial charge in [0.2, 0.25) is 11.8 Å². The predicted molar refractivity (Wildman–Crippen MR) is 120 cm³/mol. The van der Waals surface area contributed by atoms with E-state index in [1.165, 1.54) is 0 Å². The lowest BCUT2D eigenvalue weighted by molar-refractivity contribution is -0.135. The van der Waals surface area contributed by atoms with E-state index >= 15 is 0 Å². The zero-order valence-corrected chi connectivity index (χ0v) is 17.7. The molecule has 3 aromatic heterocycles. The highest BCUT2D eigenvalue weighted by molar-refractivity contribution is 6.36. The van der Waals surface area contributed by atoms with Gasteiger partial charge in [0, 0.05) is 62.3 Å². The third kappa shape index (κ3) is 4.04. The van der Waals surface area contributed by atoms with Crippen molar-refractivity contribution in [3.8, 4) is 0 Å². The number of aromatic nitrogens is 4. The average Bonchev–Trinajstić information content (AvgIpc) is 3.43. The first-order valence-corrected chi connectivity index (χ1v) is 10.9. The summed E-state index contributed by atoms with van der Waals surface area (Å²) in [5.41, 5.74) is 3.16. The molecule has 2 aliphatic rings. The zero-order valence-electron chi connectivity index (χ0n) is 17.7. The quantitative estimate of drug-likeness (QED) is 0.573. The number of amides is 2. The van der Waals surface area contributed by atoms with E-state index in [4.69, 9.17) is 12.8 Å². The number of fused-ring (bicyclic) bond motifs is 1. The Morgan fingerprint density at radius 3 is 2.81 bits per heavy atom. The van der Waals surface area contributed by atoms with E-state index in [0.717, 1.165) is 29.9 Å². The van der Waals surface area contributed by atoms with Gasteiger partial charge < -0.3 is 15.5 Å². The summed E-state index contributed by atoms with van der Waals surface area (Å²) >= 11 is 0. The molecule has 2 saturated heterocycles. The predicted octanol–water partition coefficient (Wildman–Crippen LogP) is 0.515. The van der Waals surface area contributed by atoms with Crippen LogP contribution in [0, 0.1) is 0 Å². The van der Waals surface area contributed by atoms with E-state index in [1.54, 1.807) is 16.9 Å². The van der Waals surface area contributed by atoms with Crippen LogP contribution in [0.4, 0.5) is 5.82 Å². The Morgan fingerprint density at radius 2 is 2.09 bits per heavy atom. The van der Waals surface area contributed by atoms with E-state index in [9.17, 15) is 9.59 Å². The molecule has 2 fully saturated rings. The lowest BCUT2D eigenvalue weighted by Gasteiger charge is -2.33. The molecule has 2 N–H and O–H groups in total. The van der Waals surface area contributed by atoms with Crippen molar-refractivity contribution >= 4 is 36.6 Å². The average molecular weight is 429 g/mol. The molecular formula is C22H24BN7O2. The summed E-state index contributed by atoms with van der Waals surface area (Å²) in [4.78, 5) is 35.0. The molecule has 5 heterocycles. The molecule has 0 aliphatic carbocycles. The van der Waals surface area contributed by atoms with Gasteiger partial charge in [-0.05, 0) is 36.4 Å². The van der Waals surface area contributed by atoms with Crippen LogP contribution in [-0.4, -0.2) is 63.3 Å². The number of carbonyl (C=O) groups is 2. The van der Waals surface area contributed by atoms with Crippen LogP contribution < -0.4 is 16.1 Å². The highest BCUT2D eigenvalue weighted by Gasteiger charge is 2.33. The van der Waals surface area contributed by atoms with Crippen LogP contribution >= 0.6 is 0 Å². The molecule has 162 valence electrons. The van der Waals surface area contributed by atoms with Gasteiger partial charge in [0.1, 0.15) is 25.4 Å². The fourth-order valence-corrected chi connectivity index (χ4v) is 4.44. The van der Waals surface area contributed by atoms with Crippen LogP contribution in [0.1, 0.15) is 42.9 Å². The van der Waals surface area contributed by atoms with E-state index in [0.29, 0.717) is 43.6 Å². The monoisotopic (exact) mass is 429 g/mol. The molecule has 2 amide bonds. The number of rotatable bonds is 5. The zero-order chi connectivity index (χ0) is 22.1. The first-order valence-electron chi connectivity index (χ1n) is 10.9. The van der Waals surface area contributed by atoms with Gasteiger partial charge in [-0.1, -0.05) is 6.07 Å². The van der Waals surface area contributed by atoms with Gasteiger partial charge in [-0.3, -0.25) is 14.6 Å². The lowest BCUT2D eigenvalue weighted by Crippen LogP contribution is -2.47. The summed E-state index contributed by atoms with van der Waals surface area (Å²) in [6, 6.07) is 5.57. The molecule has 0 bridgehead atoms. The van der Waals surface area contributed by atoms with Gasteiger partial charge >= 0.3 is 0 Å². The number of nitrogens with zero attached hydrogens (tertiary/aromatic N) is 5. The maximum atomic E-state index is 12.7. The number of pyridine rings is 1. The molecule has 3 aromatic rings. The molecule has 32 heavy (non-hydrogen) atoms. The van der Waals surface area contributed by atoms with Crippen molar-refractivity contribution in [2.45, 2.75) is 44.2 Å². The van der Waals surface area contributed by atoms with Gasteiger partial charge in [0.25, 0.3) is 0 Å². The molecule has 10 heteroatoms. The SMILES string of the molecule is [B]c1cnn2c(NCc3cccnc3)cc(C3CCN(C(=O)C4CCC(=O)N4)CC3)nc12. The van der Waals surface area contributed by atoms with E-state index < -0.39 is 0 Å². The maximum Gasteiger partial charge on any atom is 0.245 e. The second-order valence-electron chi connectivity index (χ2n) is 8.37. The normalized spacial score (nSPS) is 19.3. The number of hydrogen-bond donors (Lipinski definition) is 2. The van der Waals surface area contributed by atoms with Crippen molar-refractivity contribution in [3.63, 3.8) is 0 Å². The van der Waals surface area contributed by atoms with Crippen molar-refractivity contribution in [1.29, 1.82) is 0 Å². The molecule has 0 spiro atoms. The van der Waals surface area contributed by atoms with Crippen molar-refractivity contribution in [3.05, 3.63) is 48.0 Å². The molecule has 1 unspecified atom stereocenters. The third-order valence-corrected chi connectivity index (χ3v) is 6.23. The largest absolute Gasteiger partial charge is 0.366 e. The van der Waals surface area contributed by atoms with E-state index in [-0.39, 0.29) is 23.8 Å². The molecule has 1 atom stereocenters. The highest BCUT2D eigenvalue weighted by Crippen LogP contribution is 2.29. The number of hydrogen-bond acceptors (Lipinski definition) is 6. The number of nitrogens with one attached hydrogen (secondary N) is 2. The Kier molecular flexibility index (Phi) is 5.51. The second-order valence-corrected chi connectivity index (χ2v) is 8.37. The summed E-state index contributed by atoms with van der Waals surface area (Å²) in [5, 5.41) is 10.6. The summed E-state index contributed by atoms with van der Waals surface area (Å²) < 4.78 is 1.72. The fraction of sp³-hybridized carbons (Fsp3) is 0.409. The molecule has 0 saturated carbocycles. The first kappa shape index (κ1) is 20.5. The molecular weight excluding hydrogens is 405 g/mol. The van der Waals surface area contributed by atoms with Crippen LogP contribution in [0.15, 0.2) is 36.8 Å².